The van der Waals surface area contributed by atoms with Gasteiger partial charge in [0, 0.05) is 22.4 Å². The summed E-state index contributed by atoms with van der Waals surface area (Å²) in [6.45, 7) is 2.12. The van der Waals surface area contributed by atoms with Crippen molar-refractivity contribution in [3.05, 3.63) is 42.2 Å². The number of benzene rings is 1. The normalized spacial score (nSPS) is 16.6. The topological polar surface area (TPSA) is 30.2 Å². The number of hydrogen-bond donors (Lipinski definition) is 0. The molecule has 0 saturated heterocycles. The Hall–Kier alpha value is -1.00. The highest BCUT2D eigenvalue weighted by Crippen LogP contribution is 2.34. The van der Waals surface area contributed by atoms with Gasteiger partial charge in [-0.25, -0.2) is 0 Å². The molecule has 1 heterocycles. The van der Waals surface area contributed by atoms with Gasteiger partial charge in [-0.1, -0.05) is 37.6 Å². The third-order valence-electron chi connectivity index (χ3n) is 3.38. The van der Waals surface area contributed by atoms with Crippen LogP contribution in [0, 0.1) is 0 Å². The minimum atomic E-state index is -0.919. The molecule has 2 nitrogen and oxygen atoms in total. The predicted molar refractivity (Wildman–Crippen MR) is 90.5 cm³/mol. The van der Waals surface area contributed by atoms with Crippen molar-refractivity contribution in [2.45, 2.75) is 23.8 Å². The fraction of sp³-hybridized carbons (Fsp3) is 0.375. The first kappa shape index (κ1) is 15.4. The van der Waals surface area contributed by atoms with Crippen LogP contribution in [-0.4, -0.2) is 20.8 Å². The summed E-state index contributed by atoms with van der Waals surface area (Å²) in [6.07, 6.45) is 9.68. The van der Waals surface area contributed by atoms with Gasteiger partial charge in [0.25, 0.3) is 0 Å². The minimum Gasteiger partial charge on any atom is -0.457 e. The van der Waals surface area contributed by atoms with Crippen LogP contribution in [0.4, 0.5) is 0 Å². The number of para-hydroxylation sites is 1. The van der Waals surface area contributed by atoms with Gasteiger partial charge < -0.3 is 4.42 Å². The summed E-state index contributed by atoms with van der Waals surface area (Å²) < 4.78 is 17.5. The third-order valence-corrected chi connectivity index (χ3v) is 6.93. The molecular weight excluding hydrogens is 288 g/mol. The highest BCUT2D eigenvalue weighted by molar-refractivity contribution is 8.12. The Balaban J connectivity index is 2.31. The van der Waals surface area contributed by atoms with Crippen LogP contribution < -0.4 is 0 Å². The van der Waals surface area contributed by atoms with Crippen LogP contribution in [0.25, 0.3) is 17.0 Å². The van der Waals surface area contributed by atoms with E-state index in [4.69, 9.17) is 4.42 Å². The molecule has 0 spiro atoms. The molecule has 20 heavy (non-hydrogen) atoms. The van der Waals surface area contributed by atoms with Crippen molar-refractivity contribution in [2.24, 2.45) is 0 Å². The monoisotopic (exact) mass is 308 g/mol. The van der Waals surface area contributed by atoms with E-state index < -0.39 is 10.8 Å². The van der Waals surface area contributed by atoms with Gasteiger partial charge >= 0.3 is 0 Å². The van der Waals surface area contributed by atoms with Crippen LogP contribution in [0.15, 0.2) is 40.8 Å². The van der Waals surface area contributed by atoms with E-state index >= 15 is 0 Å². The van der Waals surface area contributed by atoms with E-state index in [1.165, 1.54) is 0 Å². The number of furan rings is 1. The zero-order valence-corrected chi connectivity index (χ0v) is 13.7. The van der Waals surface area contributed by atoms with Crippen molar-refractivity contribution >= 4 is 39.6 Å². The average Bonchev–Trinajstić information content (AvgIpc) is 2.86. The van der Waals surface area contributed by atoms with Crippen LogP contribution in [0.2, 0.25) is 0 Å². The molecule has 2 atom stereocenters. The summed E-state index contributed by atoms with van der Waals surface area (Å²) in [4.78, 5) is 0. The number of hydrogen-bond acceptors (Lipinski definition) is 3. The summed E-state index contributed by atoms with van der Waals surface area (Å²) in [5.41, 5.74) is 0.884. The second-order valence-corrected chi connectivity index (χ2v) is 7.77. The van der Waals surface area contributed by atoms with E-state index in [2.05, 4.69) is 6.92 Å². The molecule has 2 rings (SSSR count). The van der Waals surface area contributed by atoms with E-state index in [0.717, 1.165) is 29.6 Å². The summed E-state index contributed by atoms with van der Waals surface area (Å²) in [6, 6.07) is 9.96. The lowest BCUT2D eigenvalue weighted by Crippen LogP contribution is -2.26. The molecule has 108 valence electrons. The molecule has 4 heteroatoms. The number of fused-ring (bicyclic) bond motifs is 1. The predicted octanol–water partition coefficient (Wildman–Crippen LogP) is 4.68. The van der Waals surface area contributed by atoms with Crippen molar-refractivity contribution in [1.29, 1.82) is 0 Å². The fourth-order valence-electron chi connectivity index (χ4n) is 2.25. The Kier molecular flexibility index (Phi) is 5.11. The van der Waals surface area contributed by atoms with E-state index in [-0.39, 0.29) is 4.08 Å². The molecule has 2 unspecified atom stereocenters. The highest BCUT2D eigenvalue weighted by atomic mass is 32.2. The molecule has 2 aromatic rings. The van der Waals surface area contributed by atoms with Crippen molar-refractivity contribution < 1.29 is 8.63 Å². The Morgan fingerprint density at radius 2 is 2.15 bits per heavy atom. The summed E-state index contributed by atoms with van der Waals surface area (Å²) in [5.74, 6) is 0.811. The molecule has 0 fully saturated rings. The second kappa shape index (κ2) is 6.64. The Morgan fingerprint density at radius 1 is 1.40 bits per heavy atom. The van der Waals surface area contributed by atoms with E-state index in [9.17, 15) is 4.21 Å². The molecule has 0 bridgehead atoms. The van der Waals surface area contributed by atoms with Gasteiger partial charge in [0.1, 0.15) is 15.4 Å². The molecule has 1 aromatic carbocycles. The smallest absolute Gasteiger partial charge is 0.134 e. The lowest BCUT2D eigenvalue weighted by molar-refractivity contribution is 0.603. The van der Waals surface area contributed by atoms with Crippen LogP contribution in [0.3, 0.4) is 0 Å². The minimum absolute atomic E-state index is 0.326. The first-order valence-corrected chi connectivity index (χ1v) is 9.46. The van der Waals surface area contributed by atoms with Crippen molar-refractivity contribution in [3.8, 4) is 0 Å². The third kappa shape index (κ3) is 3.18. The quantitative estimate of drug-likeness (QED) is 0.776. The molecule has 0 radical (unpaired) electrons. The first-order valence-electron chi connectivity index (χ1n) is 6.68. The first-order chi connectivity index (χ1) is 9.61. The zero-order chi connectivity index (χ0) is 14.6. The summed E-state index contributed by atoms with van der Waals surface area (Å²) in [5, 5.41) is 1.09. The molecule has 0 amide bonds. The maximum atomic E-state index is 12.1. The van der Waals surface area contributed by atoms with Gasteiger partial charge in [0.15, 0.2) is 0 Å². The van der Waals surface area contributed by atoms with Crippen LogP contribution >= 0.6 is 11.8 Å². The molecule has 1 aromatic heterocycles. The van der Waals surface area contributed by atoms with Gasteiger partial charge in [-0.2, -0.15) is 0 Å². The van der Waals surface area contributed by atoms with Gasteiger partial charge in [-0.05, 0) is 30.9 Å². The van der Waals surface area contributed by atoms with Gasteiger partial charge in [-0.3, -0.25) is 4.21 Å². The van der Waals surface area contributed by atoms with Gasteiger partial charge in [-0.15, -0.1) is 11.8 Å². The molecule has 0 N–H and O–H groups in total. The average molecular weight is 308 g/mol. The molecule has 0 aliphatic rings. The molecule has 0 aliphatic carbocycles. The number of rotatable bonds is 6. The molecule has 0 aliphatic heterocycles. The number of thioether (sulfide) groups is 1. The zero-order valence-electron chi connectivity index (χ0n) is 12.1. The highest BCUT2D eigenvalue weighted by Gasteiger charge is 2.29. The van der Waals surface area contributed by atoms with Crippen LogP contribution in [0.5, 0.6) is 0 Å². The fourth-order valence-corrected chi connectivity index (χ4v) is 4.55. The van der Waals surface area contributed by atoms with Gasteiger partial charge in [0.05, 0.1) is 0 Å². The van der Waals surface area contributed by atoms with Crippen molar-refractivity contribution in [3.63, 3.8) is 0 Å². The van der Waals surface area contributed by atoms with Crippen LogP contribution in [0.1, 0.15) is 25.5 Å². The van der Waals surface area contributed by atoms with E-state index in [0.29, 0.717) is 0 Å². The lowest BCUT2D eigenvalue weighted by Gasteiger charge is -2.25. The Morgan fingerprint density at radius 3 is 2.75 bits per heavy atom. The summed E-state index contributed by atoms with van der Waals surface area (Å²) in [7, 11) is -0.919. The lowest BCUT2D eigenvalue weighted by atomic mass is 10.2. The maximum Gasteiger partial charge on any atom is 0.134 e. The van der Waals surface area contributed by atoms with Crippen LogP contribution in [-0.2, 0) is 10.8 Å². The van der Waals surface area contributed by atoms with E-state index in [1.807, 2.05) is 48.7 Å². The maximum absolute atomic E-state index is 12.1. The van der Waals surface area contributed by atoms with Crippen molar-refractivity contribution in [1.82, 2.24) is 0 Å². The SMILES string of the molecule is CCCC(C=Cc1cc2ccccc2o1)(SC)S(C)=O. The standard InChI is InChI=1S/C16H20O2S2/c1-4-10-16(19-2,20(3)17)11-9-14-12-13-7-5-6-8-15(13)18-14/h5-9,11-12H,4,10H2,1-3H3. The summed E-state index contributed by atoms with van der Waals surface area (Å²) >= 11 is 1.65. The van der Waals surface area contributed by atoms with Gasteiger partial charge in [0.2, 0.25) is 0 Å². The Bertz CT molecular complexity index is 597. The van der Waals surface area contributed by atoms with E-state index in [1.54, 1.807) is 18.0 Å². The molecule has 0 saturated carbocycles. The second-order valence-electron chi connectivity index (χ2n) is 4.74. The Labute approximate surface area is 127 Å². The largest absolute Gasteiger partial charge is 0.457 e. The molecular formula is C16H20O2S2. The van der Waals surface area contributed by atoms with Crippen molar-refractivity contribution in [2.75, 3.05) is 12.5 Å².